The summed E-state index contributed by atoms with van der Waals surface area (Å²) >= 11 is 1.54. The lowest BCUT2D eigenvalue weighted by Gasteiger charge is -2.29. The number of rotatable bonds is 10. The zero-order valence-corrected chi connectivity index (χ0v) is 23.7. The van der Waals surface area contributed by atoms with Crippen molar-refractivity contribution < 1.29 is 28.6 Å². The summed E-state index contributed by atoms with van der Waals surface area (Å²) in [7, 11) is 0. The minimum Gasteiger partial charge on any atom is -0.490 e. The second kappa shape index (κ2) is 15.5. The van der Waals surface area contributed by atoms with Gasteiger partial charge in [0.25, 0.3) is 5.91 Å². The van der Waals surface area contributed by atoms with Gasteiger partial charge in [0.05, 0.1) is 17.4 Å². The second-order valence-electron chi connectivity index (χ2n) is 9.67. The molecule has 0 bridgehead atoms. The van der Waals surface area contributed by atoms with E-state index in [2.05, 4.69) is 10.0 Å². The van der Waals surface area contributed by atoms with Crippen LogP contribution in [0.4, 0.5) is 10.1 Å². The summed E-state index contributed by atoms with van der Waals surface area (Å²) in [6, 6.07) is 27.2. The molecule has 0 aromatic heterocycles. The van der Waals surface area contributed by atoms with Crippen molar-refractivity contribution in [2.75, 3.05) is 5.32 Å². The molecule has 0 unspecified atom stereocenters. The molecule has 9 nitrogen and oxygen atoms in total. The minimum atomic E-state index is -1.11. The minimum absolute atomic E-state index is 0.0236. The number of hydrogen-bond donors (Lipinski definition) is 3. The molecule has 1 aliphatic carbocycles. The number of carboxylic acids is 1. The van der Waals surface area contributed by atoms with Gasteiger partial charge in [0.1, 0.15) is 23.1 Å². The number of nitrogens with one attached hydrogen (secondary N) is 2. The van der Waals surface area contributed by atoms with Crippen LogP contribution in [0, 0.1) is 15.7 Å². The van der Waals surface area contributed by atoms with Crippen molar-refractivity contribution in [3.8, 4) is 17.2 Å². The number of benzene rings is 4. The fourth-order valence-corrected chi connectivity index (χ4v) is 5.33. The van der Waals surface area contributed by atoms with Crippen LogP contribution >= 0.6 is 11.9 Å². The molecule has 43 heavy (non-hydrogen) atoms. The van der Waals surface area contributed by atoms with Gasteiger partial charge in [-0.05, 0) is 123 Å². The third kappa shape index (κ3) is 9.12. The molecule has 1 amide bonds. The van der Waals surface area contributed by atoms with Crippen molar-refractivity contribution in [3.63, 3.8) is 0 Å². The van der Waals surface area contributed by atoms with Gasteiger partial charge in [0.15, 0.2) is 0 Å². The van der Waals surface area contributed by atoms with E-state index in [0.717, 1.165) is 36.3 Å². The van der Waals surface area contributed by atoms with Crippen molar-refractivity contribution in [1.29, 1.82) is 0 Å². The second-order valence-corrected chi connectivity index (χ2v) is 10.6. The van der Waals surface area contributed by atoms with Crippen LogP contribution in [0.5, 0.6) is 17.2 Å². The Labute approximate surface area is 251 Å². The van der Waals surface area contributed by atoms with E-state index in [9.17, 15) is 19.1 Å². The van der Waals surface area contributed by atoms with Gasteiger partial charge >= 0.3 is 5.97 Å². The molecule has 0 spiro atoms. The number of carbonyl (C=O) groups is 2. The van der Waals surface area contributed by atoms with Crippen molar-refractivity contribution in [3.05, 3.63) is 124 Å². The Kier molecular flexibility index (Phi) is 11.2. The number of carbonyl (C=O) groups excluding carboxylic acids is 1. The Bertz CT molecular complexity index is 1490. The topological polar surface area (TPSA) is 131 Å². The Hall–Kier alpha value is -4.74. The van der Waals surface area contributed by atoms with Crippen LogP contribution in [0.1, 0.15) is 46.4 Å². The predicted octanol–water partition coefficient (Wildman–Crippen LogP) is 7.62. The van der Waals surface area contributed by atoms with Crippen LogP contribution in [0.15, 0.2) is 102 Å². The highest BCUT2D eigenvalue weighted by atomic mass is 32.2. The Balaban J connectivity index is 0.00000207. The van der Waals surface area contributed by atoms with Gasteiger partial charge in [-0.2, -0.15) is 0 Å². The molecule has 0 atom stereocenters. The monoisotopic (exact) mass is 604 g/mol. The number of halogens is 1. The van der Waals surface area contributed by atoms with E-state index < -0.39 is 11.9 Å². The quantitative estimate of drug-likeness (QED) is 0.156. The smallest absolute Gasteiger partial charge is 0.337 e. The summed E-state index contributed by atoms with van der Waals surface area (Å²) in [4.78, 5) is 39.0. The maximum Gasteiger partial charge on any atom is 0.337 e. The van der Waals surface area contributed by atoms with Crippen molar-refractivity contribution in [1.82, 2.24) is 4.72 Å². The van der Waals surface area contributed by atoms with E-state index >= 15 is 0 Å². The number of anilines is 1. The lowest BCUT2D eigenvalue weighted by atomic mass is 9.94. The molecule has 5 rings (SSSR count). The Morgan fingerprint density at radius 1 is 0.767 bits per heavy atom. The van der Waals surface area contributed by atoms with Gasteiger partial charge in [0, 0.05) is 26.4 Å². The lowest BCUT2D eigenvalue weighted by molar-refractivity contribution is 0.0698. The molecular formula is C32H29FN2O7S. The first-order valence-electron chi connectivity index (χ1n) is 13.5. The zero-order valence-electron chi connectivity index (χ0n) is 22.9. The van der Waals surface area contributed by atoms with Gasteiger partial charge in [0.2, 0.25) is 0 Å². The molecule has 1 aliphatic rings. The largest absolute Gasteiger partial charge is 0.490 e. The average molecular weight is 605 g/mol. The summed E-state index contributed by atoms with van der Waals surface area (Å²) in [5, 5.41) is 11.9. The number of hydrogen-bond acceptors (Lipinski definition) is 8. The summed E-state index contributed by atoms with van der Waals surface area (Å²) in [6.45, 7) is 0. The molecule has 4 aromatic rings. The Morgan fingerprint density at radius 3 is 1.98 bits per heavy atom. The average Bonchev–Trinajstić information content (AvgIpc) is 3.04. The molecular weight excluding hydrogens is 575 g/mol. The van der Waals surface area contributed by atoms with Gasteiger partial charge < -0.3 is 19.9 Å². The third-order valence-corrected chi connectivity index (χ3v) is 7.67. The van der Waals surface area contributed by atoms with Gasteiger partial charge in [-0.15, -0.1) is 0 Å². The molecule has 0 saturated heterocycles. The first-order chi connectivity index (χ1) is 20.9. The number of carboxylic acid groups (broad SMARTS) is 1. The standard InChI is InChI=1S/C32H29FN2O5S.O2/c33-22-7-19-28(20-8-22)41-35-23-9-13-25(14-10-23)40-27-17-15-26(16-18-27)39-24-11-5-21(6-12-24)31(36)34-30-4-2-1-3-29(30)32(37)38;1-2/h1-8,11-12,15-20,23,25,35H,9-10,13-14H2,(H,34,36)(H,37,38);. The fourth-order valence-electron chi connectivity index (χ4n) is 4.51. The Morgan fingerprint density at radius 2 is 1.35 bits per heavy atom. The van der Waals surface area contributed by atoms with Crippen LogP contribution in [0.25, 0.3) is 0 Å². The molecule has 222 valence electrons. The number of amides is 1. The maximum atomic E-state index is 13.1. The molecule has 3 N–H and O–H groups in total. The first kappa shape index (κ1) is 31.2. The molecule has 0 aliphatic heterocycles. The van der Waals surface area contributed by atoms with Crippen molar-refractivity contribution in [2.45, 2.75) is 42.7 Å². The van der Waals surface area contributed by atoms with Crippen molar-refractivity contribution in [2.24, 2.45) is 0 Å². The fraction of sp³-hybridized carbons (Fsp3) is 0.188. The molecule has 0 heterocycles. The third-order valence-electron chi connectivity index (χ3n) is 6.72. The van der Waals surface area contributed by atoms with E-state index in [-0.39, 0.29) is 23.2 Å². The van der Waals surface area contributed by atoms with Crippen LogP contribution in [0.2, 0.25) is 0 Å². The van der Waals surface area contributed by atoms with Crippen molar-refractivity contribution >= 4 is 29.5 Å². The van der Waals surface area contributed by atoms with Gasteiger partial charge in [-0.1, -0.05) is 12.1 Å². The number of para-hydroxylation sites is 1. The van der Waals surface area contributed by atoms with E-state index in [1.54, 1.807) is 54.6 Å². The molecule has 1 fully saturated rings. The predicted molar refractivity (Wildman–Crippen MR) is 163 cm³/mol. The molecule has 1 saturated carbocycles. The highest BCUT2D eigenvalue weighted by molar-refractivity contribution is 7.97. The molecule has 0 radical (unpaired) electrons. The first-order valence-corrected chi connectivity index (χ1v) is 14.3. The normalized spacial score (nSPS) is 15.8. The van der Waals surface area contributed by atoms with E-state index in [0.29, 0.717) is 23.1 Å². The van der Waals surface area contributed by atoms with Crippen LogP contribution in [-0.4, -0.2) is 29.1 Å². The summed E-state index contributed by atoms with van der Waals surface area (Å²) < 4.78 is 28.6. The lowest BCUT2D eigenvalue weighted by Crippen LogP contribution is -2.33. The number of ether oxygens (including phenoxy) is 2. The van der Waals surface area contributed by atoms with Crippen LogP contribution in [-0.2, 0) is 0 Å². The molecule has 11 heteroatoms. The van der Waals surface area contributed by atoms with Gasteiger partial charge in [-0.3, -0.25) is 9.52 Å². The van der Waals surface area contributed by atoms with E-state index in [1.165, 1.54) is 30.1 Å². The molecule has 4 aromatic carbocycles. The summed E-state index contributed by atoms with van der Waals surface area (Å²) in [5.74, 6) is 0.221. The van der Waals surface area contributed by atoms with Crippen LogP contribution < -0.4 is 19.5 Å². The summed E-state index contributed by atoms with van der Waals surface area (Å²) in [5.41, 5.74) is 0.633. The van der Waals surface area contributed by atoms with E-state index in [4.69, 9.17) is 19.4 Å². The SMILES string of the molecule is O=C(Nc1ccccc1C(=O)O)c1ccc(Oc2ccc(OC3CCC(NSc4ccc(F)cc4)CC3)cc2)cc1.O=O. The maximum absolute atomic E-state index is 13.1. The summed E-state index contributed by atoms with van der Waals surface area (Å²) in [6.07, 6.45) is 4.04. The number of aromatic carboxylic acids is 1. The van der Waals surface area contributed by atoms with E-state index in [1.807, 2.05) is 24.3 Å². The highest BCUT2D eigenvalue weighted by Crippen LogP contribution is 2.29. The highest BCUT2D eigenvalue weighted by Gasteiger charge is 2.22. The van der Waals surface area contributed by atoms with Crippen LogP contribution in [0.3, 0.4) is 0 Å². The van der Waals surface area contributed by atoms with Gasteiger partial charge in [-0.25, -0.2) is 9.18 Å². The zero-order chi connectivity index (χ0) is 30.6.